The summed E-state index contributed by atoms with van der Waals surface area (Å²) < 4.78 is 16.0. The molecule has 8 nitrogen and oxygen atoms in total. The van der Waals surface area contributed by atoms with Crippen LogP contribution in [0, 0.1) is 5.92 Å². The van der Waals surface area contributed by atoms with Crippen molar-refractivity contribution in [2.45, 2.75) is 38.1 Å². The summed E-state index contributed by atoms with van der Waals surface area (Å²) in [6.45, 7) is 0.550. The van der Waals surface area contributed by atoms with Gasteiger partial charge in [-0.2, -0.15) is 0 Å². The van der Waals surface area contributed by atoms with E-state index < -0.39 is 23.7 Å². The standard InChI is InChI=1S/C32H36N2O6/c1-38-26-19-23(20-27(39-2)30(26)40-3)29(35)32(37)34-28-24-15-8-7-14-22(24)16-17-25(28)31(36)33-18-10-9-13-21-11-5-4-6-12-21/h4-8,11-12,14-15,19-20,25,28H,9-10,13,16-18H2,1-3H3,(H,33,36)(H,34,37)/t25-,28?/m1/s1. The average molecular weight is 545 g/mol. The number of aryl methyl sites for hydroxylation is 2. The lowest BCUT2D eigenvalue weighted by atomic mass is 9.79. The number of unbranched alkanes of at least 4 members (excludes halogenated alkanes) is 1. The van der Waals surface area contributed by atoms with Crippen LogP contribution in [0.1, 0.15) is 52.4 Å². The summed E-state index contributed by atoms with van der Waals surface area (Å²) in [6, 6.07) is 20.2. The highest BCUT2D eigenvalue weighted by Crippen LogP contribution is 2.39. The number of hydrogen-bond donors (Lipinski definition) is 2. The highest BCUT2D eigenvalue weighted by Gasteiger charge is 2.36. The van der Waals surface area contributed by atoms with Crippen molar-refractivity contribution >= 4 is 17.6 Å². The minimum Gasteiger partial charge on any atom is -0.493 e. The summed E-state index contributed by atoms with van der Waals surface area (Å²) >= 11 is 0. The zero-order chi connectivity index (χ0) is 28.5. The lowest BCUT2D eigenvalue weighted by Gasteiger charge is -2.33. The number of carbonyl (C=O) groups excluding carboxylic acids is 3. The summed E-state index contributed by atoms with van der Waals surface area (Å²) in [5, 5.41) is 5.92. The molecule has 3 aromatic carbocycles. The number of carbonyl (C=O) groups is 3. The third kappa shape index (κ3) is 6.62. The molecular formula is C32H36N2O6. The normalized spacial score (nSPS) is 15.9. The lowest BCUT2D eigenvalue weighted by molar-refractivity contribution is -0.127. The van der Waals surface area contributed by atoms with E-state index in [0.29, 0.717) is 18.7 Å². The highest BCUT2D eigenvalue weighted by atomic mass is 16.5. The molecule has 0 heterocycles. The molecule has 1 aliphatic rings. The summed E-state index contributed by atoms with van der Waals surface area (Å²) in [7, 11) is 4.34. The second-order valence-corrected chi connectivity index (χ2v) is 9.77. The Balaban J connectivity index is 1.46. The van der Waals surface area contributed by atoms with E-state index in [1.54, 1.807) is 0 Å². The first kappa shape index (κ1) is 28.7. The highest BCUT2D eigenvalue weighted by molar-refractivity contribution is 6.43. The van der Waals surface area contributed by atoms with Gasteiger partial charge in [-0.05, 0) is 60.9 Å². The van der Waals surface area contributed by atoms with E-state index in [1.165, 1.54) is 39.0 Å². The molecule has 2 atom stereocenters. The Hall–Kier alpha value is -4.33. The topological polar surface area (TPSA) is 103 Å². The summed E-state index contributed by atoms with van der Waals surface area (Å²) in [5.74, 6) is -1.33. The third-order valence-electron chi connectivity index (χ3n) is 7.31. The molecule has 1 aliphatic carbocycles. The van der Waals surface area contributed by atoms with E-state index >= 15 is 0 Å². The molecular weight excluding hydrogens is 508 g/mol. The fourth-order valence-electron chi connectivity index (χ4n) is 5.21. The van der Waals surface area contributed by atoms with Crippen LogP contribution in [-0.2, 0) is 22.4 Å². The predicted molar refractivity (Wildman–Crippen MR) is 152 cm³/mol. The number of fused-ring (bicyclic) bond motifs is 1. The number of hydrogen-bond acceptors (Lipinski definition) is 6. The monoisotopic (exact) mass is 544 g/mol. The van der Waals surface area contributed by atoms with Crippen molar-refractivity contribution in [1.82, 2.24) is 10.6 Å². The molecule has 0 fully saturated rings. The van der Waals surface area contributed by atoms with Gasteiger partial charge in [0.25, 0.3) is 5.91 Å². The first-order chi connectivity index (χ1) is 19.5. The van der Waals surface area contributed by atoms with Crippen LogP contribution in [0.4, 0.5) is 0 Å². The van der Waals surface area contributed by atoms with E-state index in [0.717, 1.165) is 36.8 Å². The molecule has 0 aromatic heterocycles. The van der Waals surface area contributed by atoms with Crippen molar-refractivity contribution in [3.05, 3.63) is 89.0 Å². The Labute approximate surface area is 235 Å². The number of rotatable bonds is 12. The number of ketones is 1. The third-order valence-corrected chi connectivity index (χ3v) is 7.31. The largest absolute Gasteiger partial charge is 0.493 e. The molecule has 40 heavy (non-hydrogen) atoms. The van der Waals surface area contributed by atoms with Gasteiger partial charge in [0, 0.05) is 12.1 Å². The molecule has 0 saturated heterocycles. The Morgan fingerprint density at radius 2 is 1.52 bits per heavy atom. The van der Waals surface area contributed by atoms with Crippen LogP contribution in [0.25, 0.3) is 0 Å². The lowest BCUT2D eigenvalue weighted by Crippen LogP contribution is -2.45. The van der Waals surface area contributed by atoms with E-state index in [9.17, 15) is 14.4 Å². The second-order valence-electron chi connectivity index (χ2n) is 9.77. The first-order valence-electron chi connectivity index (χ1n) is 13.5. The molecule has 2 amide bonds. The summed E-state index contributed by atoms with van der Waals surface area (Å²) in [6.07, 6.45) is 4.04. The maximum absolute atomic E-state index is 13.3. The maximum Gasteiger partial charge on any atom is 0.292 e. The van der Waals surface area contributed by atoms with Crippen molar-refractivity contribution in [1.29, 1.82) is 0 Å². The number of benzene rings is 3. The molecule has 8 heteroatoms. The van der Waals surface area contributed by atoms with E-state index in [-0.39, 0.29) is 23.0 Å². The Kier molecular flexibility index (Phi) is 9.78. The summed E-state index contributed by atoms with van der Waals surface area (Å²) in [5.41, 5.74) is 3.27. The number of amides is 2. The molecule has 4 rings (SSSR count). The SMILES string of the molecule is COc1cc(C(=O)C(=O)NC2c3ccccc3CC[C@H]2C(=O)NCCCCc2ccccc2)cc(OC)c1OC. The van der Waals surface area contributed by atoms with Crippen LogP contribution >= 0.6 is 0 Å². The molecule has 2 N–H and O–H groups in total. The number of ether oxygens (including phenoxy) is 3. The molecule has 210 valence electrons. The van der Waals surface area contributed by atoms with Crippen molar-refractivity contribution in [2.75, 3.05) is 27.9 Å². The zero-order valence-corrected chi connectivity index (χ0v) is 23.2. The molecule has 1 unspecified atom stereocenters. The van der Waals surface area contributed by atoms with Gasteiger partial charge in [0.15, 0.2) is 11.5 Å². The van der Waals surface area contributed by atoms with Crippen LogP contribution < -0.4 is 24.8 Å². The zero-order valence-electron chi connectivity index (χ0n) is 23.2. The molecule has 0 radical (unpaired) electrons. The Morgan fingerprint density at radius 1 is 0.850 bits per heavy atom. The van der Waals surface area contributed by atoms with Crippen molar-refractivity contribution in [3.63, 3.8) is 0 Å². The fourth-order valence-corrected chi connectivity index (χ4v) is 5.21. The van der Waals surface area contributed by atoms with Crippen LogP contribution in [0.3, 0.4) is 0 Å². The van der Waals surface area contributed by atoms with Crippen molar-refractivity contribution in [3.8, 4) is 17.2 Å². The van der Waals surface area contributed by atoms with Gasteiger partial charge in [-0.3, -0.25) is 14.4 Å². The van der Waals surface area contributed by atoms with Crippen LogP contribution in [0.2, 0.25) is 0 Å². The maximum atomic E-state index is 13.3. The fraction of sp³-hybridized carbons (Fsp3) is 0.344. The average Bonchev–Trinajstić information content (AvgIpc) is 3.00. The predicted octanol–water partition coefficient (Wildman–Crippen LogP) is 4.45. The molecule has 0 bridgehead atoms. The van der Waals surface area contributed by atoms with Gasteiger partial charge in [-0.1, -0.05) is 54.6 Å². The molecule has 3 aromatic rings. The number of methoxy groups -OCH3 is 3. The van der Waals surface area contributed by atoms with Gasteiger partial charge in [-0.15, -0.1) is 0 Å². The van der Waals surface area contributed by atoms with Gasteiger partial charge in [0.05, 0.1) is 33.3 Å². The Bertz CT molecular complexity index is 1320. The minimum absolute atomic E-state index is 0.0931. The van der Waals surface area contributed by atoms with Crippen LogP contribution in [-0.4, -0.2) is 45.5 Å². The summed E-state index contributed by atoms with van der Waals surface area (Å²) in [4.78, 5) is 39.8. The van der Waals surface area contributed by atoms with Gasteiger partial charge < -0.3 is 24.8 Å². The van der Waals surface area contributed by atoms with E-state index in [4.69, 9.17) is 14.2 Å². The van der Waals surface area contributed by atoms with Crippen molar-refractivity contribution in [2.24, 2.45) is 5.92 Å². The van der Waals surface area contributed by atoms with E-state index in [2.05, 4.69) is 22.8 Å². The second kappa shape index (κ2) is 13.6. The molecule has 0 spiro atoms. The number of nitrogens with one attached hydrogen (secondary N) is 2. The molecule has 0 saturated carbocycles. The van der Waals surface area contributed by atoms with Gasteiger partial charge in [0.1, 0.15) is 0 Å². The van der Waals surface area contributed by atoms with Gasteiger partial charge >= 0.3 is 0 Å². The van der Waals surface area contributed by atoms with Gasteiger partial charge in [0.2, 0.25) is 17.4 Å². The van der Waals surface area contributed by atoms with Crippen LogP contribution in [0.15, 0.2) is 66.7 Å². The first-order valence-corrected chi connectivity index (χ1v) is 13.5. The van der Waals surface area contributed by atoms with Crippen LogP contribution in [0.5, 0.6) is 17.2 Å². The minimum atomic E-state index is -0.809. The smallest absolute Gasteiger partial charge is 0.292 e. The quantitative estimate of drug-likeness (QED) is 0.198. The molecule has 0 aliphatic heterocycles. The van der Waals surface area contributed by atoms with Crippen molar-refractivity contribution < 1.29 is 28.6 Å². The van der Waals surface area contributed by atoms with E-state index in [1.807, 2.05) is 42.5 Å². The Morgan fingerprint density at radius 3 is 2.20 bits per heavy atom. The number of Topliss-reactive ketones (excluding diaryl/α,β-unsaturated/α-hetero) is 1. The van der Waals surface area contributed by atoms with Gasteiger partial charge in [-0.25, -0.2) is 0 Å².